The Hall–Kier alpha value is -2.21. The number of imidazole rings is 1. The first kappa shape index (κ1) is 11.9. The Morgan fingerprint density at radius 1 is 1.37 bits per heavy atom. The van der Waals surface area contributed by atoms with E-state index in [1.807, 2.05) is 4.57 Å². The van der Waals surface area contributed by atoms with Gasteiger partial charge in [0, 0.05) is 11.5 Å². The van der Waals surface area contributed by atoms with Gasteiger partial charge in [-0.05, 0) is 19.8 Å². The van der Waals surface area contributed by atoms with Crippen LogP contribution in [0.15, 0.2) is 24.3 Å². The number of aromatic nitrogens is 2. The minimum atomic E-state index is 0.497. The average molecular weight is 251 g/mol. The van der Waals surface area contributed by atoms with E-state index in [1.165, 1.54) is 18.4 Å². The number of nitrogen functional groups attached to an aromatic ring is 1. The predicted octanol–water partition coefficient (Wildman–Crippen LogP) is 2.95. The summed E-state index contributed by atoms with van der Waals surface area (Å²) in [5, 5.41) is 0. The molecule has 1 aromatic carbocycles. The van der Waals surface area contributed by atoms with Crippen LogP contribution in [0.2, 0.25) is 0 Å². The second-order valence-corrected chi connectivity index (χ2v) is 5.13. The van der Waals surface area contributed by atoms with E-state index in [4.69, 9.17) is 17.1 Å². The van der Waals surface area contributed by atoms with E-state index in [1.54, 1.807) is 0 Å². The van der Waals surface area contributed by atoms with E-state index in [9.17, 15) is 0 Å². The van der Waals surface area contributed by atoms with E-state index >= 15 is 0 Å². The van der Waals surface area contributed by atoms with Gasteiger partial charge in [-0.1, -0.05) is 35.7 Å². The van der Waals surface area contributed by atoms with Crippen LogP contribution in [-0.2, 0) is 6.54 Å². The summed E-state index contributed by atoms with van der Waals surface area (Å²) in [5.74, 6) is 4.93. The number of hydrogen-bond acceptors (Lipinski definition) is 2. The molecule has 19 heavy (non-hydrogen) atoms. The maximum absolute atomic E-state index is 6.23. The molecule has 1 fully saturated rings. The van der Waals surface area contributed by atoms with Gasteiger partial charge in [0.05, 0.1) is 6.54 Å². The standard InChI is InChI=1S/C16H17N3/c1-3-10-19-15(17)14(18-16(19)13-8-9-13)12-6-4-11(2)5-7-12/h1,4-7,13H,8-10,17H2,2H3. The zero-order chi connectivity index (χ0) is 13.4. The Morgan fingerprint density at radius 3 is 2.63 bits per heavy atom. The van der Waals surface area contributed by atoms with Crippen molar-refractivity contribution < 1.29 is 0 Å². The van der Waals surface area contributed by atoms with Gasteiger partial charge in [-0.15, -0.1) is 6.42 Å². The molecule has 0 radical (unpaired) electrons. The van der Waals surface area contributed by atoms with E-state index < -0.39 is 0 Å². The van der Waals surface area contributed by atoms with Crippen molar-refractivity contribution in [2.75, 3.05) is 5.73 Å². The van der Waals surface area contributed by atoms with Gasteiger partial charge in [0.25, 0.3) is 0 Å². The Balaban J connectivity index is 2.09. The second-order valence-electron chi connectivity index (χ2n) is 5.13. The lowest BCUT2D eigenvalue weighted by molar-refractivity contribution is 0.762. The van der Waals surface area contributed by atoms with Crippen molar-refractivity contribution >= 4 is 5.82 Å². The molecule has 1 aliphatic carbocycles. The molecule has 1 aromatic heterocycles. The Bertz CT molecular complexity index is 640. The molecule has 3 rings (SSSR count). The zero-order valence-corrected chi connectivity index (χ0v) is 11.1. The molecule has 0 amide bonds. The van der Waals surface area contributed by atoms with Crippen LogP contribution in [-0.4, -0.2) is 9.55 Å². The summed E-state index contributed by atoms with van der Waals surface area (Å²) in [7, 11) is 0. The molecule has 0 aliphatic heterocycles. The van der Waals surface area contributed by atoms with Gasteiger partial charge in [-0.3, -0.25) is 0 Å². The number of anilines is 1. The lowest BCUT2D eigenvalue weighted by atomic mass is 10.1. The normalized spacial score (nSPS) is 14.3. The van der Waals surface area contributed by atoms with Crippen molar-refractivity contribution in [3.05, 3.63) is 35.7 Å². The molecule has 0 atom stereocenters. The molecule has 0 saturated heterocycles. The quantitative estimate of drug-likeness (QED) is 0.852. The van der Waals surface area contributed by atoms with E-state index in [2.05, 4.69) is 37.1 Å². The monoisotopic (exact) mass is 251 g/mol. The summed E-state index contributed by atoms with van der Waals surface area (Å²) in [6, 6.07) is 8.27. The van der Waals surface area contributed by atoms with Crippen LogP contribution >= 0.6 is 0 Å². The minimum absolute atomic E-state index is 0.497. The molecule has 0 bridgehead atoms. The molecule has 1 aliphatic rings. The SMILES string of the molecule is C#CCn1c(C2CC2)nc(-c2ccc(C)cc2)c1N. The summed E-state index contributed by atoms with van der Waals surface area (Å²) in [6.07, 6.45) is 7.81. The maximum Gasteiger partial charge on any atom is 0.132 e. The summed E-state index contributed by atoms with van der Waals surface area (Å²) in [5.41, 5.74) is 9.37. The number of nitrogens with two attached hydrogens (primary N) is 1. The summed E-state index contributed by atoms with van der Waals surface area (Å²) in [6.45, 7) is 2.57. The van der Waals surface area contributed by atoms with Gasteiger partial charge in [0.2, 0.25) is 0 Å². The van der Waals surface area contributed by atoms with E-state index in [0.29, 0.717) is 18.3 Å². The molecule has 3 heteroatoms. The van der Waals surface area contributed by atoms with Crippen LogP contribution < -0.4 is 5.73 Å². The lowest BCUT2D eigenvalue weighted by Gasteiger charge is -2.04. The third-order valence-corrected chi connectivity index (χ3v) is 3.55. The van der Waals surface area contributed by atoms with Crippen LogP contribution in [0.25, 0.3) is 11.3 Å². The maximum atomic E-state index is 6.23. The number of hydrogen-bond donors (Lipinski definition) is 1. The molecular formula is C16H17N3. The Labute approximate surface area is 113 Å². The highest BCUT2D eigenvalue weighted by Crippen LogP contribution is 2.42. The molecule has 2 N–H and O–H groups in total. The third-order valence-electron chi connectivity index (χ3n) is 3.55. The van der Waals surface area contributed by atoms with Gasteiger partial charge >= 0.3 is 0 Å². The van der Waals surface area contributed by atoms with Crippen LogP contribution in [0.5, 0.6) is 0 Å². The first-order valence-electron chi connectivity index (χ1n) is 6.57. The van der Waals surface area contributed by atoms with Gasteiger partial charge in [-0.25, -0.2) is 4.98 Å². The predicted molar refractivity (Wildman–Crippen MR) is 77.6 cm³/mol. The number of nitrogens with zero attached hydrogens (tertiary/aromatic N) is 2. The number of benzene rings is 1. The van der Waals surface area contributed by atoms with Crippen LogP contribution in [0.4, 0.5) is 5.82 Å². The first-order valence-corrected chi connectivity index (χ1v) is 6.57. The number of aryl methyl sites for hydroxylation is 1. The fraction of sp³-hybridized carbons (Fsp3) is 0.312. The average Bonchev–Trinajstić information content (AvgIpc) is 3.19. The summed E-state index contributed by atoms with van der Waals surface area (Å²) in [4.78, 5) is 4.73. The van der Waals surface area contributed by atoms with Gasteiger partial charge in [0.1, 0.15) is 17.3 Å². The smallest absolute Gasteiger partial charge is 0.132 e. The van der Waals surface area contributed by atoms with Crippen molar-refractivity contribution in [1.29, 1.82) is 0 Å². The minimum Gasteiger partial charge on any atom is -0.383 e. The van der Waals surface area contributed by atoms with E-state index in [-0.39, 0.29) is 0 Å². The van der Waals surface area contributed by atoms with Crippen molar-refractivity contribution in [2.45, 2.75) is 32.2 Å². The number of rotatable bonds is 3. The summed E-state index contributed by atoms with van der Waals surface area (Å²) >= 11 is 0. The molecule has 1 saturated carbocycles. The van der Waals surface area contributed by atoms with Gasteiger partial charge in [0.15, 0.2) is 0 Å². The largest absolute Gasteiger partial charge is 0.383 e. The van der Waals surface area contributed by atoms with Crippen LogP contribution in [0.3, 0.4) is 0 Å². The second kappa shape index (κ2) is 4.47. The molecule has 1 heterocycles. The van der Waals surface area contributed by atoms with Crippen molar-refractivity contribution in [3.63, 3.8) is 0 Å². The fourth-order valence-corrected chi connectivity index (χ4v) is 2.32. The lowest BCUT2D eigenvalue weighted by Crippen LogP contribution is -2.05. The van der Waals surface area contributed by atoms with Gasteiger partial charge in [-0.2, -0.15) is 0 Å². The van der Waals surface area contributed by atoms with Gasteiger partial charge < -0.3 is 10.3 Å². The molecule has 0 unspecified atom stereocenters. The number of terminal acetylenes is 1. The van der Waals surface area contributed by atoms with Crippen molar-refractivity contribution in [1.82, 2.24) is 9.55 Å². The van der Waals surface area contributed by atoms with Crippen molar-refractivity contribution in [2.24, 2.45) is 0 Å². The highest BCUT2D eigenvalue weighted by molar-refractivity contribution is 5.71. The topological polar surface area (TPSA) is 43.8 Å². The fourth-order valence-electron chi connectivity index (χ4n) is 2.32. The Kier molecular flexibility index (Phi) is 2.79. The Morgan fingerprint density at radius 2 is 2.05 bits per heavy atom. The highest BCUT2D eigenvalue weighted by Gasteiger charge is 2.30. The molecule has 2 aromatic rings. The molecular weight excluding hydrogens is 234 g/mol. The first-order chi connectivity index (χ1) is 9.20. The highest BCUT2D eigenvalue weighted by atomic mass is 15.1. The zero-order valence-electron chi connectivity index (χ0n) is 11.1. The third kappa shape index (κ3) is 2.10. The summed E-state index contributed by atoms with van der Waals surface area (Å²) < 4.78 is 1.98. The van der Waals surface area contributed by atoms with Crippen LogP contribution in [0.1, 0.15) is 30.1 Å². The van der Waals surface area contributed by atoms with Crippen molar-refractivity contribution in [3.8, 4) is 23.6 Å². The van der Waals surface area contributed by atoms with Crippen LogP contribution in [0, 0.1) is 19.3 Å². The van der Waals surface area contributed by atoms with E-state index in [0.717, 1.165) is 17.1 Å². The molecule has 96 valence electrons. The molecule has 0 spiro atoms. The molecule has 3 nitrogen and oxygen atoms in total.